The molecule has 0 radical (unpaired) electrons. The van der Waals surface area contributed by atoms with E-state index in [2.05, 4.69) is 65.6 Å². The van der Waals surface area contributed by atoms with Crippen LogP contribution in [0.15, 0.2) is 78.4 Å². The largest absolute Gasteiger partial charge is 0.355 e. The lowest BCUT2D eigenvalue weighted by Crippen LogP contribution is -2.02. The molecule has 31 heavy (non-hydrogen) atoms. The molecule has 148 valence electrons. The molecule has 1 aromatic heterocycles. The van der Waals surface area contributed by atoms with E-state index in [4.69, 9.17) is 6.42 Å². The molecule has 1 aliphatic rings. The maximum absolute atomic E-state index is 9.53. The van der Waals surface area contributed by atoms with Gasteiger partial charge in [-0.05, 0) is 60.4 Å². The maximum atomic E-state index is 9.53. The average Bonchev–Trinajstić information content (AvgIpc) is 3.15. The molecule has 1 atom stereocenters. The van der Waals surface area contributed by atoms with Crippen molar-refractivity contribution in [3.05, 3.63) is 89.5 Å². The lowest BCUT2D eigenvalue weighted by Gasteiger charge is -2.19. The summed E-state index contributed by atoms with van der Waals surface area (Å²) >= 11 is 0. The van der Waals surface area contributed by atoms with Crippen LogP contribution < -0.4 is 5.32 Å². The Morgan fingerprint density at radius 2 is 1.90 bits per heavy atom. The number of fused-ring (bicyclic) bond motifs is 3. The molecule has 1 unspecified atom stereocenters. The smallest absolute Gasteiger partial charge is 0.0947 e. The molecule has 0 saturated heterocycles. The standard InChI is InChI=1S/C28H21N3/c1-3-19-7-6-8-22(14-19)30-27-16-28-25(23-9-4-5-10-26(23)31-28)15-24(27)21-12-18(2)11-20(13-21)17-29/h1,4-10,12-16,18,30-31H,11H2,2H3. The van der Waals surface area contributed by atoms with Crippen molar-refractivity contribution in [2.75, 3.05) is 5.32 Å². The van der Waals surface area contributed by atoms with Crippen LogP contribution >= 0.6 is 0 Å². The molecule has 5 rings (SSSR count). The van der Waals surface area contributed by atoms with Crippen molar-refractivity contribution < 1.29 is 0 Å². The van der Waals surface area contributed by atoms with E-state index in [9.17, 15) is 5.26 Å². The van der Waals surface area contributed by atoms with Gasteiger partial charge in [-0.2, -0.15) is 5.26 Å². The van der Waals surface area contributed by atoms with E-state index >= 15 is 0 Å². The molecule has 0 amide bonds. The Balaban J connectivity index is 1.73. The van der Waals surface area contributed by atoms with Crippen LogP contribution in [0.4, 0.5) is 11.4 Å². The van der Waals surface area contributed by atoms with E-state index in [1.807, 2.05) is 36.4 Å². The van der Waals surface area contributed by atoms with Gasteiger partial charge in [-0.25, -0.2) is 0 Å². The van der Waals surface area contributed by atoms with Gasteiger partial charge in [-0.3, -0.25) is 0 Å². The number of rotatable bonds is 3. The van der Waals surface area contributed by atoms with Crippen LogP contribution in [-0.4, -0.2) is 4.98 Å². The number of H-pyrrole nitrogens is 1. The maximum Gasteiger partial charge on any atom is 0.0947 e. The van der Waals surface area contributed by atoms with Gasteiger partial charge in [0.05, 0.1) is 6.07 Å². The van der Waals surface area contributed by atoms with Gasteiger partial charge < -0.3 is 10.3 Å². The Morgan fingerprint density at radius 1 is 1.03 bits per heavy atom. The number of allylic oxidation sites excluding steroid dienone is 4. The highest BCUT2D eigenvalue weighted by Crippen LogP contribution is 2.38. The molecule has 3 aromatic carbocycles. The number of nitriles is 1. The molecule has 0 fully saturated rings. The summed E-state index contributed by atoms with van der Waals surface area (Å²) in [5, 5.41) is 15.4. The zero-order valence-corrected chi connectivity index (χ0v) is 17.2. The highest BCUT2D eigenvalue weighted by Gasteiger charge is 2.17. The molecule has 3 nitrogen and oxygen atoms in total. The molecule has 0 spiro atoms. The number of anilines is 2. The third-order valence-electron chi connectivity index (χ3n) is 5.74. The molecule has 4 aromatic rings. The molecule has 3 heteroatoms. The summed E-state index contributed by atoms with van der Waals surface area (Å²) in [6.45, 7) is 2.15. The van der Waals surface area contributed by atoms with E-state index in [0.29, 0.717) is 5.92 Å². The molecule has 2 N–H and O–H groups in total. The van der Waals surface area contributed by atoms with Crippen molar-refractivity contribution in [1.82, 2.24) is 4.98 Å². The number of hydrogen-bond acceptors (Lipinski definition) is 2. The third kappa shape index (κ3) is 3.48. The molecule has 0 saturated carbocycles. The fraction of sp³-hybridized carbons (Fsp3) is 0.107. The van der Waals surface area contributed by atoms with Gasteiger partial charge in [0.1, 0.15) is 0 Å². The highest BCUT2D eigenvalue weighted by atomic mass is 14.9. The van der Waals surface area contributed by atoms with E-state index in [0.717, 1.165) is 51.1 Å². The third-order valence-corrected chi connectivity index (χ3v) is 5.74. The average molecular weight is 399 g/mol. The number of benzene rings is 3. The van der Waals surface area contributed by atoms with Crippen LogP contribution in [0.1, 0.15) is 24.5 Å². The zero-order valence-electron chi connectivity index (χ0n) is 17.2. The van der Waals surface area contributed by atoms with E-state index in [1.165, 1.54) is 10.8 Å². The minimum atomic E-state index is 0.311. The SMILES string of the molecule is C#Cc1cccc(Nc2cc3[nH]c4ccccc4c3cc2C2=CC(C)CC(C#N)=C2)c1. The summed E-state index contributed by atoms with van der Waals surface area (Å²) < 4.78 is 0. The van der Waals surface area contributed by atoms with Crippen LogP contribution in [0.2, 0.25) is 0 Å². The Hall–Kier alpha value is -4.21. The number of aromatic nitrogens is 1. The van der Waals surface area contributed by atoms with Gasteiger partial charge in [0.15, 0.2) is 0 Å². The topological polar surface area (TPSA) is 51.6 Å². The molecular weight excluding hydrogens is 378 g/mol. The van der Waals surface area contributed by atoms with Crippen LogP contribution in [0.3, 0.4) is 0 Å². The Kier molecular flexibility index (Phi) is 4.58. The predicted octanol–water partition coefficient (Wildman–Crippen LogP) is 6.92. The van der Waals surface area contributed by atoms with E-state index in [-0.39, 0.29) is 0 Å². The second-order valence-electron chi connectivity index (χ2n) is 8.05. The van der Waals surface area contributed by atoms with Gasteiger partial charge in [0.25, 0.3) is 0 Å². The Bertz CT molecular complexity index is 1470. The van der Waals surface area contributed by atoms with Gasteiger partial charge in [-0.15, -0.1) is 6.42 Å². The summed E-state index contributed by atoms with van der Waals surface area (Å²) in [4.78, 5) is 3.53. The molecule has 0 bridgehead atoms. The first-order valence-electron chi connectivity index (χ1n) is 10.4. The summed E-state index contributed by atoms with van der Waals surface area (Å²) in [5.74, 6) is 3.01. The Labute approximate surface area is 181 Å². The number of hydrogen-bond donors (Lipinski definition) is 2. The predicted molar refractivity (Wildman–Crippen MR) is 129 cm³/mol. The van der Waals surface area contributed by atoms with Crippen molar-refractivity contribution in [2.45, 2.75) is 13.3 Å². The van der Waals surface area contributed by atoms with Crippen molar-refractivity contribution in [1.29, 1.82) is 5.26 Å². The van der Waals surface area contributed by atoms with Gasteiger partial charge in [-0.1, -0.05) is 43.2 Å². The number of para-hydroxylation sites is 1. The number of aromatic amines is 1. The first-order chi connectivity index (χ1) is 15.1. The number of nitrogens with one attached hydrogen (secondary N) is 2. The van der Waals surface area contributed by atoms with Crippen LogP contribution in [-0.2, 0) is 0 Å². The molecule has 1 aliphatic carbocycles. The zero-order chi connectivity index (χ0) is 21.4. The molecule has 1 heterocycles. The fourth-order valence-corrected chi connectivity index (χ4v) is 4.34. The minimum Gasteiger partial charge on any atom is -0.355 e. The van der Waals surface area contributed by atoms with E-state index < -0.39 is 0 Å². The monoisotopic (exact) mass is 399 g/mol. The van der Waals surface area contributed by atoms with E-state index in [1.54, 1.807) is 0 Å². The minimum absolute atomic E-state index is 0.311. The fourth-order valence-electron chi connectivity index (χ4n) is 4.34. The van der Waals surface area contributed by atoms with Crippen LogP contribution in [0.5, 0.6) is 0 Å². The molecule has 0 aliphatic heterocycles. The van der Waals surface area contributed by atoms with Crippen LogP contribution in [0, 0.1) is 29.6 Å². The van der Waals surface area contributed by atoms with Gasteiger partial charge in [0.2, 0.25) is 0 Å². The van der Waals surface area contributed by atoms with Crippen molar-refractivity contribution in [3.63, 3.8) is 0 Å². The summed E-state index contributed by atoms with van der Waals surface area (Å²) in [6, 6.07) is 22.9. The number of terminal acetylenes is 1. The summed E-state index contributed by atoms with van der Waals surface area (Å²) in [7, 11) is 0. The van der Waals surface area contributed by atoms with Crippen molar-refractivity contribution in [3.8, 4) is 18.4 Å². The second kappa shape index (κ2) is 7.56. The van der Waals surface area contributed by atoms with Crippen molar-refractivity contribution >= 4 is 38.8 Å². The van der Waals surface area contributed by atoms with Crippen LogP contribution in [0.25, 0.3) is 27.4 Å². The second-order valence-corrected chi connectivity index (χ2v) is 8.05. The lowest BCUT2D eigenvalue weighted by molar-refractivity contribution is 0.723. The van der Waals surface area contributed by atoms with Crippen molar-refractivity contribution in [2.24, 2.45) is 5.92 Å². The first-order valence-corrected chi connectivity index (χ1v) is 10.4. The van der Waals surface area contributed by atoms with Gasteiger partial charge >= 0.3 is 0 Å². The first kappa shape index (κ1) is 18.8. The normalized spacial score (nSPS) is 15.8. The quantitative estimate of drug-likeness (QED) is 0.367. The number of nitrogens with zero attached hydrogens (tertiary/aromatic N) is 1. The molecular formula is C28H21N3. The summed E-state index contributed by atoms with van der Waals surface area (Å²) in [5.41, 5.74) is 7.85. The Morgan fingerprint density at radius 3 is 2.74 bits per heavy atom. The summed E-state index contributed by atoms with van der Waals surface area (Å²) in [6.07, 6.45) is 10.6. The van der Waals surface area contributed by atoms with Gasteiger partial charge in [0, 0.05) is 49.9 Å². The highest BCUT2D eigenvalue weighted by molar-refractivity contribution is 6.10. The lowest BCUT2D eigenvalue weighted by atomic mass is 9.88.